The normalized spacial score (nSPS) is 16.1. The number of aromatic nitrogens is 1. The first kappa shape index (κ1) is 9.45. The van der Waals surface area contributed by atoms with Crippen molar-refractivity contribution in [2.24, 2.45) is 0 Å². The van der Waals surface area contributed by atoms with Gasteiger partial charge in [0, 0.05) is 0 Å². The zero-order chi connectivity index (χ0) is 11.0. The molecule has 78 valence electrons. The van der Waals surface area contributed by atoms with Gasteiger partial charge in [0.15, 0.2) is 5.78 Å². The number of rotatable bonds is 1. The van der Waals surface area contributed by atoms with Crippen molar-refractivity contribution in [3.8, 4) is 0 Å². The van der Waals surface area contributed by atoms with Crippen LogP contribution in [-0.2, 0) is 9.59 Å². The van der Waals surface area contributed by atoms with Crippen molar-refractivity contribution in [3.63, 3.8) is 0 Å². The van der Waals surface area contributed by atoms with Crippen molar-refractivity contribution >= 4 is 28.8 Å². The highest BCUT2D eigenvalue weighted by atomic mass is 16.2. The number of nitrogen functional groups attached to an aromatic ring is 2. The van der Waals surface area contributed by atoms with Crippen molar-refractivity contribution in [1.82, 2.24) is 4.98 Å². The van der Waals surface area contributed by atoms with Crippen LogP contribution in [0.2, 0.25) is 0 Å². The quantitative estimate of drug-likeness (QED) is 0.606. The van der Waals surface area contributed by atoms with Gasteiger partial charge in [-0.3, -0.25) is 14.6 Å². The fourth-order valence-corrected chi connectivity index (χ4v) is 1.59. The van der Waals surface area contributed by atoms with Gasteiger partial charge < -0.3 is 16.4 Å². The second kappa shape index (κ2) is 3.23. The minimum absolute atomic E-state index is 0.0389. The van der Waals surface area contributed by atoms with Crippen molar-refractivity contribution in [2.75, 3.05) is 22.9 Å². The molecule has 1 aromatic rings. The number of ketones is 1. The Labute approximate surface area is 85.9 Å². The molecule has 1 amide bonds. The molecule has 0 radical (unpaired) electrons. The molecule has 0 bridgehead atoms. The molecule has 0 aliphatic carbocycles. The van der Waals surface area contributed by atoms with E-state index in [2.05, 4.69) is 4.98 Å². The molecule has 0 aromatic carbocycles. The van der Waals surface area contributed by atoms with Crippen LogP contribution in [0.15, 0.2) is 12.4 Å². The van der Waals surface area contributed by atoms with Crippen molar-refractivity contribution < 1.29 is 9.59 Å². The molecule has 0 unspecified atom stereocenters. The lowest BCUT2D eigenvalue weighted by molar-refractivity contribution is -0.121. The van der Waals surface area contributed by atoms with E-state index in [0.717, 1.165) is 0 Å². The number of carbonyl (C=O) groups is 2. The Morgan fingerprint density at radius 3 is 2.27 bits per heavy atom. The van der Waals surface area contributed by atoms with Gasteiger partial charge in [-0.25, -0.2) is 0 Å². The Hall–Kier alpha value is -2.11. The van der Waals surface area contributed by atoms with E-state index in [-0.39, 0.29) is 24.7 Å². The number of carbonyl (C=O) groups excluding carboxylic acids is 2. The number of hydrogen-bond acceptors (Lipinski definition) is 5. The van der Waals surface area contributed by atoms with Crippen LogP contribution in [0.1, 0.15) is 6.42 Å². The summed E-state index contributed by atoms with van der Waals surface area (Å²) in [5.41, 5.74) is 12.3. The largest absolute Gasteiger partial charge is 0.396 e. The smallest absolute Gasteiger partial charge is 0.235 e. The second-order valence-electron chi connectivity index (χ2n) is 3.36. The monoisotopic (exact) mass is 206 g/mol. The maximum absolute atomic E-state index is 11.5. The number of amides is 1. The first-order valence-corrected chi connectivity index (χ1v) is 4.40. The molecule has 15 heavy (non-hydrogen) atoms. The highest BCUT2D eigenvalue weighted by Gasteiger charge is 2.30. The van der Waals surface area contributed by atoms with E-state index in [4.69, 9.17) is 11.5 Å². The Morgan fingerprint density at radius 1 is 1.20 bits per heavy atom. The number of nitrogens with zero attached hydrogens (tertiary/aromatic N) is 2. The van der Waals surface area contributed by atoms with E-state index in [9.17, 15) is 9.59 Å². The van der Waals surface area contributed by atoms with Crippen molar-refractivity contribution in [3.05, 3.63) is 12.4 Å². The predicted molar refractivity (Wildman–Crippen MR) is 55.0 cm³/mol. The molecule has 2 rings (SSSR count). The third-order valence-corrected chi connectivity index (χ3v) is 2.23. The van der Waals surface area contributed by atoms with Crippen LogP contribution in [0.5, 0.6) is 0 Å². The lowest BCUT2D eigenvalue weighted by Gasteiger charge is -2.18. The molecule has 4 N–H and O–H groups in total. The fourth-order valence-electron chi connectivity index (χ4n) is 1.59. The molecule has 1 aromatic heterocycles. The molecule has 0 spiro atoms. The lowest BCUT2D eigenvalue weighted by Crippen LogP contribution is -2.26. The molecule has 1 aliphatic heterocycles. The van der Waals surface area contributed by atoms with Gasteiger partial charge in [0.2, 0.25) is 5.91 Å². The highest BCUT2D eigenvalue weighted by Crippen LogP contribution is 2.31. The number of pyridine rings is 1. The van der Waals surface area contributed by atoms with Gasteiger partial charge in [0.25, 0.3) is 0 Å². The lowest BCUT2D eigenvalue weighted by atomic mass is 10.3. The minimum atomic E-state index is -0.274. The zero-order valence-electron chi connectivity index (χ0n) is 7.93. The summed E-state index contributed by atoms with van der Waals surface area (Å²) in [4.78, 5) is 27.7. The van der Waals surface area contributed by atoms with Crippen LogP contribution in [-0.4, -0.2) is 23.2 Å². The molecule has 0 atom stereocenters. The van der Waals surface area contributed by atoms with E-state index in [1.165, 1.54) is 17.3 Å². The first-order valence-electron chi connectivity index (χ1n) is 4.40. The van der Waals surface area contributed by atoms with Crippen LogP contribution >= 0.6 is 0 Å². The average Bonchev–Trinajstić information content (AvgIpc) is 2.45. The van der Waals surface area contributed by atoms with Gasteiger partial charge in [-0.1, -0.05) is 0 Å². The first-order chi connectivity index (χ1) is 7.09. The van der Waals surface area contributed by atoms with Crippen molar-refractivity contribution in [1.29, 1.82) is 0 Å². The second-order valence-corrected chi connectivity index (χ2v) is 3.36. The zero-order valence-corrected chi connectivity index (χ0v) is 7.93. The summed E-state index contributed by atoms with van der Waals surface area (Å²) in [5.74, 6) is -0.403. The number of Topliss-reactive ketones (excluding diaryl/α,β-unsaturated/α-hetero) is 1. The Bertz CT molecular complexity index is 423. The topological polar surface area (TPSA) is 102 Å². The molecule has 1 aliphatic rings. The summed E-state index contributed by atoms with van der Waals surface area (Å²) >= 11 is 0. The molecule has 6 nitrogen and oxygen atoms in total. The van der Waals surface area contributed by atoms with Gasteiger partial charge in [-0.15, -0.1) is 0 Å². The average molecular weight is 206 g/mol. The maximum Gasteiger partial charge on any atom is 0.235 e. The van der Waals surface area contributed by atoms with Gasteiger partial charge in [-0.2, -0.15) is 0 Å². The molecule has 2 heterocycles. The molecule has 1 saturated heterocycles. The number of anilines is 3. The van der Waals surface area contributed by atoms with Crippen LogP contribution in [0.4, 0.5) is 17.1 Å². The Balaban J connectivity index is 2.46. The maximum atomic E-state index is 11.5. The van der Waals surface area contributed by atoms with Crippen LogP contribution < -0.4 is 16.4 Å². The van der Waals surface area contributed by atoms with Crippen LogP contribution in [0.25, 0.3) is 0 Å². The van der Waals surface area contributed by atoms with Gasteiger partial charge in [0.05, 0.1) is 42.4 Å². The third-order valence-electron chi connectivity index (χ3n) is 2.23. The minimum Gasteiger partial charge on any atom is -0.396 e. The Kier molecular flexibility index (Phi) is 2.03. The summed E-state index contributed by atoms with van der Waals surface area (Å²) < 4.78 is 0. The van der Waals surface area contributed by atoms with E-state index in [1.807, 2.05) is 0 Å². The number of hydrogen-bond donors (Lipinski definition) is 2. The summed E-state index contributed by atoms with van der Waals surface area (Å²) in [5, 5.41) is 0. The van der Waals surface area contributed by atoms with Crippen LogP contribution in [0.3, 0.4) is 0 Å². The third kappa shape index (κ3) is 1.50. The standard InChI is InChI=1S/C9H10N4O2/c10-6-2-12-3-7(11)9(6)13-4-5(14)1-8(13)15/h2-3H,1,4,10-11H2. The molecule has 6 heteroatoms. The van der Waals surface area contributed by atoms with Gasteiger partial charge >= 0.3 is 0 Å². The summed E-state index contributed by atoms with van der Waals surface area (Å²) in [6.07, 6.45) is 2.73. The fraction of sp³-hybridized carbons (Fsp3) is 0.222. The van der Waals surface area contributed by atoms with E-state index in [0.29, 0.717) is 17.1 Å². The summed E-state index contributed by atoms with van der Waals surface area (Å²) in [6.45, 7) is 0.0389. The molecule has 0 saturated carbocycles. The van der Waals surface area contributed by atoms with E-state index >= 15 is 0 Å². The molecular formula is C9H10N4O2. The predicted octanol–water partition coefficient (Wildman–Crippen LogP) is -0.448. The van der Waals surface area contributed by atoms with Crippen LogP contribution in [0, 0.1) is 0 Å². The molecular weight excluding hydrogens is 196 g/mol. The van der Waals surface area contributed by atoms with Gasteiger partial charge in [-0.05, 0) is 0 Å². The highest BCUT2D eigenvalue weighted by molar-refractivity contribution is 6.17. The summed E-state index contributed by atoms with van der Waals surface area (Å²) in [6, 6.07) is 0. The SMILES string of the molecule is Nc1cncc(N)c1N1CC(=O)CC1=O. The van der Waals surface area contributed by atoms with Crippen molar-refractivity contribution in [2.45, 2.75) is 6.42 Å². The van der Waals surface area contributed by atoms with E-state index in [1.54, 1.807) is 0 Å². The number of nitrogens with two attached hydrogens (primary N) is 2. The summed E-state index contributed by atoms with van der Waals surface area (Å²) in [7, 11) is 0. The van der Waals surface area contributed by atoms with Gasteiger partial charge in [0.1, 0.15) is 0 Å². The molecule has 1 fully saturated rings. The van der Waals surface area contributed by atoms with E-state index < -0.39 is 0 Å². The Morgan fingerprint density at radius 2 is 1.80 bits per heavy atom.